The summed E-state index contributed by atoms with van der Waals surface area (Å²) in [6.45, 7) is 4.04. The van der Waals surface area contributed by atoms with Gasteiger partial charge in [0.15, 0.2) is 17.6 Å². The van der Waals surface area contributed by atoms with Crippen molar-refractivity contribution in [1.82, 2.24) is 19.8 Å². The van der Waals surface area contributed by atoms with Crippen LogP contribution in [0.25, 0.3) is 0 Å². The fourth-order valence-electron chi connectivity index (χ4n) is 4.13. The van der Waals surface area contributed by atoms with Crippen molar-refractivity contribution in [2.75, 3.05) is 27.2 Å². The minimum absolute atomic E-state index is 0.0406. The van der Waals surface area contributed by atoms with E-state index in [2.05, 4.69) is 16.9 Å². The first-order valence-corrected chi connectivity index (χ1v) is 10.2. The van der Waals surface area contributed by atoms with Crippen molar-refractivity contribution < 1.29 is 14.3 Å². The molecule has 0 radical (unpaired) electrons. The van der Waals surface area contributed by atoms with Gasteiger partial charge in [0.25, 0.3) is 5.91 Å². The van der Waals surface area contributed by atoms with E-state index in [1.54, 1.807) is 14.0 Å². The highest BCUT2D eigenvalue weighted by Crippen LogP contribution is 2.30. The summed E-state index contributed by atoms with van der Waals surface area (Å²) in [4.78, 5) is 26.5. The Kier molecular flexibility index (Phi) is 5.67. The van der Waals surface area contributed by atoms with E-state index in [0.29, 0.717) is 30.6 Å². The summed E-state index contributed by atoms with van der Waals surface area (Å²) in [7, 11) is 3.72. The number of likely N-dealkylation sites (tertiary alicyclic amines) is 1. The first-order valence-electron chi connectivity index (χ1n) is 10.2. The number of carbonyl (C=O) groups excluding carboxylic acids is 1. The maximum absolute atomic E-state index is 12.9. The summed E-state index contributed by atoms with van der Waals surface area (Å²) < 4.78 is 11.2. The SMILES string of the molecule is COc1ccccc1O[C@H](C)C(=O)N1CCc2nc([C@@H]3CCCN3C)ncc2C1. The third kappa shape index (κ3) is 4.05. The van der Waals surface area contributed by atoms with E-state index < -0.39 is 6.10 Å². The summed E-state index contributed by atoms with van der Waals surface area (Å²) >= 11 is 0. The molecule has 1 aromatic heterocycles. The molecule has 0 bridgehead atoms. The van der Waals surface area contributed by atoms with Gasteiger partial charge in [0.1, 0.15) is 5.82 Å². The molecule has 1 saturated heterocycles. The third-order valence-corrected chi connectivity index (χ3v) is 5.80. The molecule has 7 heteroatoms. The molecule has 2 aromatic rings. The fourth-order valence-corrected chi connectivity index (χ4v) is 4.13. The summed E-state index contributed by atoms with van der Waals surface area (Å²) in [5, 5.41) is 0. The summed E-state index contributed by atoms with van der Waals surface area (Å²) in [5.74, 6) is 2.06. The Morgan fingerprint density at radius 2 is 2.03 bits per heavy atom. The van der Waals surface area contributed by atoms with Crippen LogP contribution in [-0.2, 0) is 17.8 Å². The van der Waals surface area contributed by atoms with Gasteiger partial charge in [-0.3, -0.25) is 9.69 Å². The van der Waals surface area contributed by atoms with Crippen LogP contribution in [0.5, 0.6) is 11.5 Å². The molecular weight excluding hydrogens is 368 g/mol. The molecule has 29 heavy (non-hydrogen) atoms. The van der Waals surface area contributed by atoms with Gasteiger partial charge in [-0.15, -0.1) is 0 Å². The average Bonchev–Trinajstić information content (AvgIpc) is 3.18. The van der Waals surface area contributed by atoms with Gasteiger partial charge in [0.2, 0.25) is 0 Å². The van der Waals surface area contributed by atoms with Crippen molar-refractivity contribution in [3.05, 3.63) is 47.5 Å². The maximum Gasteiger partial charge on any atom is 0.263 e. The molecule has 0 unspecified atom stereocenters. The van der Waals surface area contributed by atoms with Crippen LogP contribution in [0.4, 0.5) is 0 Å². The summed E-state index contributed by atoms with van der Waals surface area (Å²) in [5.41, 5.74) is 2.09. The van der Waals surface area contributed by atoms with Gasteiger partial charge in [0, 0.05) is 31.3 Å². The van der Waals surface area contributed by atoms with Crippen LogP contribution < -0.4 is 9.47 Å². The number of hydrogen-bond donors (Lipinski definition) is 0. The first-order chi connectivity index (χ1) is 14.1. The number of amides is 1. The molecule has 2 aliphatic heterocycles. The maximum atomic E-state index is 12.9. The lowest BCUT2D eigenvalue weighted by Gasteiger charge is -2.31. The Morgan fingerprint density at radius 1 is 1.24 bits per heavy atom. The minimum Gasteiger partial charge on any atom is -0.493 e. The molecule has 0 saturated carbocycles. The van der Waals surface area contributed by atoms with Crippen LogP contribution in [0, 0.1) is 0 Å². The predicted octanol–water partition coefficient (Wildman–Crippen LogP) is 2.60. The highest BCUT2D eigenvalue weighted by Gasteiger charge is 2.30. The van der Waals surface area contributed by atoms with Crippen molar-refractivity contribution in [2.45, 2.75) is 44.9 Å². The highest BCUT2D eigenvalue weighted by molar-refractivity contribution is 5.81. The van der Waals surface area contributed by atoms with E-state index in [1.807, 2.05) is 35.4 Å². The standard InChI is InChI=1S/C22H28N4O3/c1-15(29-20-9-5-4-8-19(20)28-3)22(27)26-12-10-17-16(14-26)13-23-21(24-17)18-7-6-11-25(18)2/h4-5,8-9,13,15,18H,6-7,10-12,14H2,1-3H3/t15-,18+/m1/s1. The zero-order chi connectivity index (χ0) is 20.4. The number of rotatable bonds is 5. The van der Waals surface area contributed by atoms with Gasteiger partial charge < -0.3 is 14.4 Å². The van der Waals surface area contributed by atoms with E-state index in [9.17, 15) is 4.79 Å². The monoisotopic (exact) mass is 396 g/mol. The Balaban J connectivity index is 1.43. The number of nitrogens with zero attached hydrogens (tertiary/aromatic N) is 4. The van der Waals surface area contributed by atoms with E-state index in [1.165, 1.54) is 6.42 Å². The van der Waals surface area contributed by atoms with Gasteiger partial charge in [0.05, 0.1) is 18.8 Å². The molecule has 3 heterocycles. The van der Waals surface area contributed by atoms with Crippen LogP contribution in [0.2, 0.25) is 0 Å². The van der Waals surface area contributed by atoms with Crippen LogP contribution in [0.1, 0.15) is 42.9 Å². The number of hydrogen-bond acceptors (Lipinski definition) is 6. The molecule has 0 spiro atoms. The second-order valence-corrected chi connectivity index (χ2v) is 7.76. The second kappa shape index (κ2) is 8.37. The quantitative estimate of drug-likeness (QED) is 0.774. The number of benzene rings is 1. The third-order valence-electron chi connectivity index (χ3n) is 5.80. The fraction of sp³-hybridized carbons (Fsp3) is 0.500. The molecule has 4 rings (SSSR count). The Morgan fingerprint density at radius 3 is 2.76 bits per heavy atom. The molecule has 1 fully saturated rings. The number of ether oxygens (including phenoxy) is 2. The van der Waals surface area contributed by atoms with Gasteiger partial charge in [-0.2, -0.15) is 0 Å². The van der Waals surface area contributed by atoms with Crippen LogP contribution in [-0.4, -0.2) is 59.0 Å². The van der Waals surface area contributed by atoms with Crippen molar-refractivity contribution in [3.63, 3.8) is 0 Å². The van der Waals surface area contributed by atoms with E-state index in [4.69, 9.17) is 14.5 Å². The average molecular weight is 396 g/mol. The van der Waals surface area contributed by atoms with Crippen molar-refractivity contribution in [1.29, 1.82) is 0 Å². The number of fused-ring (bicyclic) bond motifs is 1. The van der Waals surface area contributed by atoms with E-state index in [-0.39, 0.29) is 5.91 Å². The van der Waals surface area contributed by atoms with E-state index >= 15 is 0 Å². The molecule has 2 aliphatic rings. The van der Waals surface area contributed by atoms with E-state index in [0.717, 1.165) is 36.5 Å². The van der Waals surface area contributed by atoms with Gasteiger partial charge >= 0.3 is 0 Å². The molecule has 0 aliphatic carbocycles. The molecule has 7 nitrogen and oxygen atoms in total. The van der Waals surface area contributed by atoms with Crippen LogP contribution in [0.3, 0.4) is 0 Å². The molecule has 0 N–H and O–H groups in total. The summed E-state index contributed by atoms with van der Waals surface area (Å²) in [6.07, 6.45) is 4.34. The normalized spacial score (nSPS) is 20.2. The van der Waals surface area contributed by atoms with Crippen LogP contribution in [0.15, 0.2) is 30.5 Å². The van der Waals surface area contributed by atoms with Gasteiger partial charge in [-0.05, 0) is 45.5 Å². The molecule has 1 amide bonds. The summed E-state index contributed by atoms with van der Waals surface area (Å²) in [6, 6.07) is 7.68. The molecular formula is C22H28N4O3. The number of carbonyl (C=O) groups is 1. The topological polar surface area (TPSA) is 67.8 Å². The molecule has 154 valence electrons. The highest BCUT2D eigenvalue weighted by atomic mass is 16.5. The molecule has 1 aromatic carbocycles. The first kappa shape index (κ1) is 19.6. The van der Waals surface area contributed by atoms with Gasteiger partial charge in [-0.1, -0.05) is 12.1 Å². The Hall–Kier alpha value is -2.67. The second-order valence-electron chi connectivity index (χ2n) is 7.76. The smallest absolute Gasteiger partial charge is 0.263 e. The zero-order valence-electron chi connectivity index (χ0n) is 17.3. The lowest BCUT2D eigenvalue weighted by Crippen LogP contribution is -2.43. The minimum atomic E-state index is -0.597. The largest absolute Gasteiger partial charge is 0.493 e. The lowest BCUT2D eigenvalue weighted by atomic mass is 10.1. The number of methoxy groups -OCH3 is 1. The Labute approximate surface area is 171 Å². The lowest BCUT2D eigenvalue weighted by molar-refractivity contribution is -0.139. The predicted molar refractivity (Wildman–Crippen MR) is 109 cm³/mol. The number of aromatic nitrogens is 2. The van der Waals surface area contributed by atoms with Crippen molar-refractivity contribution in [3.8, 4) is 11.5 Å². The Bertz CT molecular complexity index is 888. The van der Waals surface area contributed by atoms with Crippen molar-refractivity contribution >= 4 is 5.91 Å². The van der Waals surface area contributed by atoms with Crippen molar-refractivity contribution in [2.24, 2.45) is 0 Å². The molecule has 2 atom stereocenters. The van der Waals surface area contributed by atoms with Gasteiger partial charge in [-0.25, -0.2) is 9.97 Å². The van der Waals surface area contributed by atoms with Crippen LogP contribution >= 0.6 is 0 Å². The number of para-hydroxylation sites is 2. The zero-order valence-corrected chi connectivity index (χ0v) is 17.3.